The number of hydrogen-bond donors (Lipinski definition) is 2. The van der Waals surface area contributed by atoms with Gasteiger partial charge >= 0.3 is 0 Å². The fourth-order valence-electron chi connectivity index (χ4n) is 1.78. The first kappa shape index (κ1) is 13.9. The maximum Gasteiger partial charge on any atom is 0.271 e. The number of hydrogen-bond acceptors (Lipinski definition) is 3. The molecule has 0 bridgehead atoms. The molecular weight excluding hydrogens is 384 g/mol. The van der Waals surface area contributed by atoms with Gasteiger partial charge in [-0.2, -0.15) is 0 Å². The van der Waals surface area contributed by atoms with E-state index in [1.165, 1.54) is 6.07 Å². The number of sulfonamides is 1. The minimum Gasteiger partial charge on any atom is -0.361 e. The van der Waals surface area contributed by atoms with E-state index in [2.05, 4.69) is 25.6 Å². The molecule has 0 atom stereocenters. The molecule has 0 amide bonds. The molecule has 4 nitrogen and oxygen atoms in total. The summed E-state index contributed by atoms with van der Waals surface area (Å²) in [5.74, 6) is 0. The van der Waals surface area contributed by atoms with Crippen molar-refractivity contribution in [1.82, 2.24) is 4.98 Å². The molecule has 3 rings (SSSR count). The molecule has 8 heteroatoms. The Morgan fingerprint density at radius 3 is 2.75 bits per heavy atom. The predicted molar refractivity (Wildman–Crippen MR) is 86.1 cm³/mol. The van der Waals surface area contributed by atoms with Crippen molar-refractivity contribution in [2.75, 3.05) is 4.72 Å². The number of benzene rings is 1. The third-order valence-corrected chi connectivity index (χ3v) is 7.02. The molecule has 2 N–H and O–H groups in total. The average Bonchev–Trinajstić information content (AvgIpc) is 2.96. The second-order valence-electron chi connectivity index (χ2n) is 4.07. The normalized spacial score (nSPS) is 11.9. The molecule has 2 aromatic heterocycles. The Bertz CT molecular complexity index is 866. The standard InChI is InChI=1S/C12H8BrClN2O2S2/c13-12-9(14)6-11(19-12)20(17,18)16-8-1-2-10-7(5-8)3-4-15-10/h1-6,15-16H. The summed E-state index contributed by atoms with van der Waals surface area (Å²) in [5, 5.41) is 1.33. The molecule has 3 aromatic rings. The second-order valence-corrected chi connectivity index (χ2v) is 8.76. The Morgan fingerprint density at radius 1 is 1.25 bits per heavy atom. The van der Waals surface area contributed by atoms with E-state index < -0.39 is 10.0 Å². The third kappa shape index (κ3) is 2.58. The zero-order valence-electron chi connectivity index (χ0n) is 9.85. The number of halogens is 2. The van der Waals surface area contributed by atoms with Crippen LogP contribution >= 0.6 is 38.9 Å². The predicted octanol–water partition coefficient (Wildman–Crippen LogP) is 4.45. The fourth-order valence-corrected chi connectivity index (χ4v) is 5.23. The van der Waals surface area contributed by atoms with Crippen molar-refractivity contribution >= 4 is 65.5 Å². The van der Waals surface area contributed by atoms with Crippen LogP contribution in [0.3, 0.4) is 0 Å². The highest BCUT2D eigenvalue weighted by Gasteiger charge is 2.19. The summed E-state index contributed by atoms with van der Waals surface area (Å²) in [5.41, 5.74) is 1.47. The van der Waals surface area contributed by atoms with E-state index in [4.69, 9.17) is 11.6 Å². The van der Waals surface area contributed by atoms with Crippen molar-refractivity contribution < 1.29 is 8.42 Å². The highest BCUT2D eigenvalue weighted by Crippen LogP contribution is 2.35. The van der Waals surface area contributed by atoms with Gasteiger partial charge in [-0.05, 0) is 46.3 Å². The van der Waals surface area contributed by atoms with Gasteiger partial charge in [0.2, 0.25) is 0 Å². The summed E-state index contributed by atoms with van der Waals surface area (Å²) < 4.78 is 27.8. The van der Waals surface area contributed by atoms with Gasteiger partial charge in [-0.15, -0.1) is 11.3 Å². The van der Waals surface area contributed by atoms with Crippen molar-refractivity contribution in [3.63, 3.8) is 0 Å². The summed E-state index contributed by atoms with van der Waals surface area (Å²) in [6.45, 7) is 0. The molecule has 0 aliphatic heterocycles. The number of anilines is 1. The largest absolute Gasteiger partial charge is 0.361 e. The molecule has 1 aromatic carbocycles. The molecule has 2 heterocycles. The summed E-state index contributed by atoms with van der Waals surface area (Å²) >= 11 is 10.2. The zero-order chi connectivity index (χ0) is 14.3. The lowest BCUT2D eigenvalue weighted by Crippen LogP contribution is -2.11. The third-order valence-electron chi connectivity index (χ3n) is 2.69. The van der Waals surface area contributed by atoms with Crippen LogP contribution in [0.4, 0.5) is 5.69 Å². The lowest BCUT2D eigenvalue weighted by Gasteiger charge is -2.06. The number of aromatic amines is 1. The van der Waals surface area contributed by atoms with Gasteiger partial charge in [-0.25, -0.2) is 8.42 Å². The summed E-state index contributed by atoms with van der Waals surface area (Å²) in [7, 11) is -3.62. The van der Waals surface area contributed by atoms with Gasteiger partial charge < -0.3 is 4.98 Å². The van der Waals surface area contributed by atoms with Gasteiger partial charge in [0, 0.05) is 22.8 Å². The molecule has 104 valence electrons. The lowest BCUT2D eigenvalue weighted by molar-refractivity contribution is 0.603. The fraction of sp³-hybridized carbons (Fsp3) is 0. The van der Waals surface area contributed by atoms with E-state index in [-0.39, 0.29) is 4.21 Å². The number of H-pyrrole nitrogens is 1. The van der Waals surface area contributed by atoms with E-state index in [0.29, 0.717) is 14.5 Å². The molecular formula is C12H8BrClN2O2S2. The first-order chi connectivity index (χ1) is 9.45. The molecule has 0 saturated carbocycles. The summed E-state index contributed by atoms with van der Waals surface area (Å²) in [6.07, 6.45) is 1.80. The van der Waals surface area contributed by atoms with Crippen LogP contribution in [-0.2, 0) is 10.0 Å². The van der Waals surface area contributed by atoms with Crippen molar-refractivity contribution in [3.05, 3.63) is 45.3 Å². The molecule has 0 radical (unpaired) electrons. The van der Waals surface area contributed by atoms with Crippen LogP contribution in [0.1, 0.15) is 0 Å². The number of nitrogens with one attached hydrogen (secondary N) is 2. The van der Waals surface area contributed by atoms with Gasteiger partial charge in [0.05, 0.1) is 8.81 Å². The molecule has 0 aliphatic carbocycles. The highest BCUT2D eigenvalue weighted by molar-refractivity contribution is 9.11. The highest BCUT2D eigenvalue weighted by atomic mass is 79.9. The molecule has 0 saturated heterocycles. The lowest BCUT2D eigenvalue weighted by atomic mass is 10.2. The van der Waals surface area contributed by atoms with Crippen LogP contribution in [-0.4, -0.2) is 13.4 Å². The summed E-state index contributed by atoms with van der Waals surface area (Å²) in [6, 6.07) is 8.61. The molecule has 0 unspecified atom stereocenters. The van der Waals surface area contributed by atoms with Crippen molar-refractivity contribution in [3.8, 4) is 0 Å². The van der Waals surface area contributed by atoms with Crippen LogP contribution in [0.25, 0.3) is 10.9 Å². The number of fused-ring (bicyclic) bond motifs is 1. The maximum atomic E-state index is 12.3. The number of rotatable bonds is 3. The van der Waals surface area contributed by atoms with Crippen LogP contribution < -0.4 is 4.72 Å². The van der Waals surface area contributed by atoms with Crippen LogP contribution in [0, 0.1) is 0 Å². The number of thiophene rings is 1. The first-order valence-corrected chi connectivity index (χ1v) is 8.97. The number of aromatic nitrogens is 1. The monoisotopic (exact) mass is 390 g/mol. The average molecular weight is 392 g/mol. The van der Waals surface area contributed by atoms with Crippen LogP contribution in [0.5, 0.6) is 0 Å². The SMILES string of the molecule is O=S(=O)(Nc1ccc2[nH]ccc2c1)c1cc(Cl)c(Br)s1. The van der Waals surface area contributed by atoms with Crippen molar-refractivity contribution in [2.45, 2.75) is 4.21 Å². The van der Waals surface area contributed by atoms with Gasteiger partial charge in [-0.3, -0.25) is 4.72 Å². The van der Waals surface area contributed by atoms with Gasteiger partial charge in [-0.1, -0.05) is 11.6 Å². The Balaban J connectivity index is 1.96. The maximum absolute atomic E-state index is 12.3. The first-order valence-electron chi connectivity index (χ1n) is 5.50. The smallest absolute Gasteiger partial charge is 0.271 e. The van der Waals surface area contributed by atoms with E-state index in [1.54, 1.807) is 18.3 Å². The molecule has 0 spiro atoms. The molecule has 20 heavy (non-hydrogen) atoms. The molecule has 0 aliphatic rings. The zero-order valence-corrected chi connectivity index (χ0v) is 13.8. The van der Waals surface area contributed by atoms with Crippen LogP contribution in [0.2, 0.25) is 5.02 Å². The van der Waals surface area contributed by atoms with Gasteiger partial charge in [0.1, 0.15) is 4.21 Å². The Hall–Kier alpha value is -1.02. The van der Waals surface area contributed by atoms with Crippen molar-refractivity contribution in [2.24, 2.45) is 0 Å². The van der Waals surface area contributed by atoms with Crippen LogP contribution in [0.15, 0.2) is 44.5 Å². The second kappa shape index (κ2) is 5.07. The van der Waals surface area contributed by atoms with Crippen molar-refractivity contribution in [1.29, 1.82) is 0 Å². The minimum atomic E-state index is -3.62. The quantitative estimate of drug-likeness (QED) is 0.693. The Labute approximate surface area is 133 Å². The molecule has 0 fully saturated rings. The summed E-state index contributed by atoms with van der Waals surface area (Å²) in [4.78, 5) is 3.05. The van der Waals surface area contributed by atoms with E-state index in [9.17, 15) is 8.42 Å². The van der Waals surface area contributed by atoms with E-state index in [1.807, 2.05) is 12.1 Å². The Kier molecular flexibility index (Phi) is 3.53. The van der Waals surface area contributed by atoms with Gasteiger partial charge in [0.15, 0.2) is 0 Å². The van der Waals surface area contributed by atoms with Gasteiger partial charge in [0.25, 0.3) is 10.0 Å². The topological polar surface area (TPSA) is 62.0 Å². The van der Waals surface area contributed by atoms with E-state index >= 15 is 0 Å². The van der Waals surface area contributed by atoms with E-state index in [0.717, 1.165) is 22.2 Å². The Morgan fingerprint density at radius 2 is 2.05 bits per heavy atom. The minimum absolute atomic E-state index is 0.170.